The molecule has 0 saturated heterocycles. The van der Waals surface area contributed by atoms with Gasteiger partial charge in [0.25, 0.3) is 0 Å². The second-order valence-corrected chi connectivity index (χ2v) is 0.832. The summed E-state index contributed by atoms with van der Waals surface area (Å²) in [5, 5.41) is 0. The Morgan fingerprint density at radius 2 is 1.50 bits per heavy atom. The Morgan fingerprint density at radius 3 is 1.67 bits per heavy atom. The van der Waals surface area contributed by atoms with Crippen molar-refractivity contribution in [1.29, 1.82) is 0 Å². The third kappa shape index (κ3) is 1.40. The van der Waals surface area contributed by atoms with Crippen molar-refractivity contribution in [2.45, 2.75) is 0 Å². The third-order valence-corrected chi connectivity index (χ3v) is 0.455. The minimum atomic E-state index is 0. The molecule has 0 aliphatic carbocycles. The van der Waals surface area contributed by atoms with Gasteiger partial charge in [0, 0.05) is 20.4 Å². The van der Waals surface area contributed by atoms with Crippen LogP contribution in [0.5, 0.6) is 0 Å². The molecule has 0 amide bonds. The van der Waals surface area contributed by atoms with Crippen molar-refractivity contribution in [3.63, 3.8) is 0 Å². The van der Waals surface area contributed by atoms with Gasteiger partial charge in [-0.15, -0.1) is 0 Å². The summed E-state index contributed by atoms with van der Waals surface area (Å²) in [7, 11) is 0. The first-order chi connectivity index (χ1) is 2.50. The van der Waals surface area contributed by atoms with Crippen molar-refractivity contribution in [2.75, 3.05) is 0 Å². The van der Waals surface area contributed by atoms with Gasteiger partial charge in [-0.25, -0.2) is 0 Å². The Labute approximate surface area is 50.4 Å². The molecule has 1 radical (unpaired) electrons. The van der Waals surface area contributed by atoms with Crippen molar-refractivity contribution in [2.24, 2.45) is 0 Å². The SMILES string of the molecule is [Re].c1cc[n-]c1. The van der Waals surface area contributed by atoms with Crippen LogP contribution in [0.1, 0.15) is 0 Å². The van der Waals surface area contributed by atoms with Crippen LogP contribution in [0.2, 0.25) is 0 Å². The Bertz CT molecular complexity index is 64.0. The molecule has 0 spiro atoms. The maximum Gasteiger partial charge on any atom is 0 e. The summed E-state index contributed by atoms with van der Waals surface area (Å²) in [6.07, 6.45) is 3.50. The van der Waals surface area contributed by atoms with Crippen LogP contribution in [0, 0.1) is 0 Å². The van der Waals surface area contributed by atoms with E-state index >= 15 is 0 Å². The monoisotopic (exact) mass is 253 g/mol. The van der Waals surface area contributed by atoms with Crippen LogP contribution in [0.15, 0.2) is 24.5 Å². The maximum absolute atomic E-state index is 3.72. The number of nitrogens with zero attached hydrogens (tertiary/aromatic N) is 1. The molecule has 1 aromatic rings. The van der Waals surface area contributed by atoms with Gasteiger partial charge in [-0.1, -0.05) is 12.1 Å². The Kier molecular flexibility index (Phi) is 3.11. The molecule has 0 fully saturated rings. The molecule has 1 rings (SSSR count). The van der Waals surface area contributed by atoms with E-state index in [2.05, 4.69) is 4.98 Å². The van der Waals surface area contributed by atoms with E-state index in [0.29, 0.717) is 0 Å². The van der Waals surface area contributed by atoms with Gasteiger partial charge in [0.2, 0.25) is 0 Å². The number of hydrogen-bond donors (Lipinski definition) is 0. The number of hydrogen-bond acceptors (Lipinski definition) is 0. The van der Waals surface area contributed by atoms with E-state index in [1.807, 2.05) is 12.1 Å². The van der Waals surface area contributed by atoms with Crippen molar-refractivity contribution < 1.29 is 20.4 Å². The summed E-state index contributed by atoms with van der Waals surface area (Å²) in [6, 6.07) is 3.78. The minimum Gasteiger partial charge on any atom is -0.670 e. The summed E-state index contributed by atoms with van der Waals surface area (Å²) < 4.78 is 0. The van der Waals surface area contributed by atoms with Gasteiger partial charge < -0.3 is 4.98 Å². The van der Waals surface area contributed by atoms with Crippen LogP contribution >= 0.6 is 0 Å². The van der Waals surface area contributed by atoms with Gasteiger partial charge in [0.05, 0.1) is 0 Å². The smallest absolute Gasteiger partial charge is 0 e. The van der Waals surface area contributed by atoms with Gasteiger partial charge in [0.1, 0.15) is 0 Å². The summed E-state index contributed by atoms with van der Waals surface area (Å²) in [4.78, 5) is 3.72. The second-order valence-electron chi connectivity index (χ2n) is 0.832. The normalized spacial score (nSPS) is 6.67. The zero-order valence-corrected chi connectivity index (χ0v) is 5.85. The summed E-state index contributed by atoms with van der Waals surface area (Å²) in [6.45, 7) is 0. The first-order valence-corrected chi connectivity index (χ1v) is 1.52. The van der Waals surface area contributed by atoms with Crippen LogP contribution in [0.25, 0.3) is 0 Å². The molecule has 1 heterocycles. The molecule has 0 atom stereocenters. The van der Waals surface area contributed by atoms with Gasteiger partial charge in [-0.3, -0.25) is 0 Å². The van der Waals surface area contributed by atoms with Crippen molar-refractivity contribution in [3.8, 4) is 0 Å². The van der Waals surface area contributed by atoms with Crippen LogP contribution in [0.3, 0.4) is 0 Å². The van der Waals surface area contributed by atoms with Gasteiger partial charge in [0.15, 0.2) is 0 Å². The zero-order valence-electron chi connectivity index (χ0n) is 3.13. The van der Waals surface area contributed by atoms with Crippen LogP contribution in [-0.4, -0.2) is 0 Å². The van der Waals surface area contributed by atoms with E-state index in [1.165, 1.54) is 0 Å². The van der Waals surface area contributed by atoms with Crippen LogP contribution in [0.4, 0.5) is 0 Å². The first-order valence-electron chi connectivity index (χ1n) is 1.52. The molecular formula is C4H4NRe-. The Balaban J connectivity index is 0.000000250. The van der Waals surface area contributed by atoms with Gasteiger partial charge in [-0.05, 0) is 0 Å². The maximum atomic E-state index is 3.72. The molecule has 0 saturated carbocycles. The molecule has 0 unspecified atom stereocenters. The summed E-state index contributed by atoms with van der Waals surface area (Å²) in [5.74, 6) is 0. The molecule has 0 bridgehead atoms. The van der Waals surface area contributed by atoms with E-state index in [-0.39, 0.29) is 20.4 Å². The predicted molar refractivity (Wildman–Crippen MR) is 19.8 cm³/mol. The largest absolute Gasteiger partial charge is 0.670 e. The van der Waals surface area contributed by atoms with E-state index < -0.39 is 0 Å². The Hall–Kier alpha value is -0.0577. The molecule has 2 heteroatoms. The molecule has 1 nitrogen and oxygen atoms in total. The molecular weight excluding hydrogens is 248 g/mol. The Morgan fingerprint density at radius 1 is 1.00 bits per heavy atom. The van der Waals surface area contributed by atoms with Crippen LogP contribution < -0.4 is 4.98 Å². The van der Waals surface area contributed by atoms with Crippen molar-refractivity contribution >= 4 is 0 Å². The quantitative estimate of drug-likeness (QED) is 0.661. The fourth-order valence-electron chi connectivity index (χ4n) is 0.248. The van der Waals surface area contributed by atoms with Gasteiger partial charge >= 0.3 is 0 Å². The first kappa shape index (κ1) is 5.94. The van der Waals surface area contributed by atoms with Crippen molar-refractivity contribution in [1.82, 2.24) is 4.98 Å². The zero-order chi connectivity index (χ0) is 3.54. The van der Waals surface area contributed by atoms with Gasteiger partial charge in [-0.2, -0.15) is 12.4 Å². The third-order valence-electron chi connectivity index (χ3n) is 0.455. The van der Waals surface area contributed by atoms with E-state index in [0.717, 1.165) is 0 Å². The van der Waals surface area contributed by atoms with Crippen LogP contribution in [-0.2, 0) is 20.4 Å². The summed E-state index contributed by atoms with van der Waals surface area (Å²) in [5.41, 5.74) is 0. The second kappa shape index (κ2) is 3.14. The van der Waals surface area contributed by atoms with E-state index in [4.69, 9.17) is 0 Å². The molecule has 0 aliphatic heterocycles. The standard InChI is InChI=1S/C4H4N.Re/c1-2-4-5-3-1;/h1-4H;/q-1;. The van der Waals surface area contributed by atoms with E-state index in [9.17, 15) is 0 Å². The van der Waals surface area contributed by atoms with E-state index in [1.54, 1.807) is 12.4 Å². The predicted octanol–water partition coefficient (Wildman–Crippen LogP) is 0.641. The molecule has 1 aromatic heterocycles. The number of rotatable bonds is 0. The topological polar surface area (TPSA) is 14.1 Å². The average Bonchev–Trinajstić information content (AvgIpc) is 1.76. The molecule has 6 heavy (non-hydrogen) atoms. The minimum absolute atomic E-state index is 0. The number of aromatic nitrogens is 1. The average molecular weight is 252 g/mol. The molecule has 0 N–H and O–H groups in total. The fraction of sp³-hybridized carbons (Fsp3) is 0. The molecule has 0 aromatic carbocycles. The fourth-order valence-corrected chi connectivity index (χ4v) is 0.248. The molecule has 33 valence electrons. The van der Waals surface area contributed by atoms with Crippen molar-refractivity contribution in [3.05, 3.63) is 24.5 Å². The summed E-state index contributed by atoms with van der Waals surface area (Å²) >= 11 is 0. The molecule has 0 aliphatic rings.